The van der Waals surface area contributed by atoms with Crippen LogP contribution in [0.4, 0.5) is 18.9 Å². The van der Waals surface area contributed by atoms with E-state index in [-0.39, 0.29) is 22.9 Å². The fraction of sp³-hybridized carbons (Fsp3) is 0.188. The van der Waals surface area contributed by atoms with Crippen LogP contribution in [0.5, 0.6) is 5.75 Å². The number of ether oxygens (including phenoxy) is 1. The zero-order valence-electron chi connectivity index (χ0n) is 13.2. The number of anilines is 1. The predicted molar refractivity (Wildman–Crippen MR) is 86.9 cm³/mol. The van der Waals surface area contributed by atoms with Crippen molar-refractivity contribution in [3.8, 4) is 5.75 Å². The van der Waals surface area contributed by atoms with Gasteiger partial charge < -0.3 is 4.74 Å². The summed E-state index contributed by atoms with van der Waals surface area (Å²) in [6.45, 7) is 1.93. The number of benzene rings is 2. The van der Waals surface area contributed by atoms with E-state index in [1.165, 1.54) is 42.5 Å². The molecule has 0 aromatic heterocycles. The average Bonchev–Trinajstić information content (AvgIpc) is 2.56. The van der Waals surface area contributed by atoms with Gasteiger partial charge in [0.2, 0.25) is 0 Å². The Hall–Kier alpha value is -2.55. The molecule has 0 bridgehead atoms. The standard InChI is InChI=1S/C16H15F3N2O3S/c1-2-24-14-11-7-6-10-13(14)20-15(16(17,18)19)21-25(22,23)12-8-4-3-5-9-12/h3-11H,2H2,1H3,(H,20,21)/p+1. The molecule has 9 heteroatoms. The van der Waals surface area contributed by atoms with Crippen molar-refractivity contribution in [2.24, 2.45) is 0 Å². The Balaban J connectivity index is 2.45. The van der Waals surface area contributed by atoms with E-state index in [1.807, 2.05) is 0 Å². The molecule has 5 nitrogen and oxygen atoms in total. The normalized spacial score (nSPS) is 12.7. The lowest BCUT2D eigenvalue weighted by Crippen LogP contribution is -2.80. The van der Waals surface area contributed by atoms with Crippen LogP contribution in [0.15, 0.2) is 59.5 Å². The molecule has 0 saturated heterocycles. The first kappa shape index (κ1) is 18.8. The van der Waals surface area contributed by atoms with Crippen molar-refractivity contribution in [1.29, 1.82) is 0 Å². The summed E-state index contributed by atoms with van der Waals surface area (Å²) in [6, 6.07) is 12.7. The summed E-state index contributed by atoms with van der Waals surface area (Å²) in [7, 11) is -4.40. The van der Waals surface area contributed by atoms with Gasteiger partial charge in [0.25, 0.3) is 0 Å². The van der Waals surface area contributed by atoms with Crippen LogP contribution in [0.25, 0.3) is 0 Å². The zero-order valence-corrected chi connectivity index (χ0v) is 14.0. The molecular formula is C16H16F3N2O3S+. The van der Waals surface area contributed by atoms with E-state index in [0.717, 1.165) is 0 Å². The molecule has 0 aliphatic heterocycles. The Morgan fingerprint density at radius 3 is 2.28 bits per heavy atom. The van der Waals surface area contributed by atoms with Gasteiger partial charge in [-0.2, -0.15) is 26.0 Å². The minimum Gasteiger partial charge on any atom is -0.489 e. The minimum absolute atomic E-state index is 0.00700. The third kappa shape index (κ3) is 4.96. The predicted octanol–water partition coefficient (Wildman–Crippen LogP) is 1.93. The molecule has 2 aromatic carbocycles. The van der Waals surface area contributed by atoms with E-state index in [2.05, 4.69) is 5.32 Å². The first-order valence-corrected chi connectivity index (χ1v) is 8.73. The Morgan fingerprint density at radius 2 is 1.68 bits per heavy atom. The largest absolute Gasteiger partial charge is 0.495 e. The van der Waals surface area contributed by atoms with E-state index < -0.39 is 22.0 Å². The second-order valence-electron chi connectivity index (χ2n) is 4.85. The number of halogens is 3. The lowest BCUT2D eigenvalue weighted by Gasteiger charge is -2.10. The summed E-state index contributed by atoms with van der Waals surface area (Å²) in [6.07, 6.45) is -4.94. The molecule has 0 aliphatic carbocycles. The van der Waals surface area contributed by atoms with E-state index in [1.54, 1.807) is 23.5 Å². The van der Waals surface area contributed by atoms with Crippen LogP contribution in [-0.2, 0) is 10.0 Å². The van der Waals surface area contributed by atoms with Crippen LogP contribution in [0.2, 0.25) is 0 Å². The quantitative estimate of drug-likeness (QED) is 0.621. The molecule has 134 valence electrons. The van der Waals surface area contributed by atoms with Crippen LogP contribution in [-0.4, -0.2) is 27.0 Å². The number of hydrogen-bond acceptors (Lipinski definition) is 3. The van der Waals surface area contributed by atoms with Gasteiger partial charge in [-0.1, -0.05) is 30.3 Å². The van der Waals surface area contributed by atoms with Gasteiger partial charge >= 0.3 is 22.0 Å². The van der Waals surface area contributed by atoms with Crippen LogP contribution in [0.1, 0.15) is 6.92 Å². The fourth-order valence-electron chi connectivity index (χ4n) is 1.93. The summed E-state index contributed by atoms with van der Waals surface area (Å²) in [5, 5.41) is 2.07. The number of rotatable bonds is 5. The van der Waals surface area contributed by atoms with Gasteiger partial charge in [-0.25, -0.2) is 5.32 Å². The number of alkyl halides is 3. The van der Waals surface area contributed by atoms with Gasteiger partial charge in [-0.3, -0.25) is 0 Å². The number of sulfonamides is 1. The van der Waals surface area contributed by atoms with Crippen molar-refractivity contribution >= 4 is 21.5 Å². The molecule has 0 fully saturated rings. The van der Waals surface area contributed by atoms with Crippen molar-refractivity contribution in [3.63, 3.8) is 0 Å². The average molecular weight is 373 g/mol. The molecule has 0 unspecified atom stereocenters. The van der Waals surface area contributed by atoms with Crippen molar-refractivity contribution in [1.82, 2.24) is 0 Å². The third-order valence-corrected chi connectivity index (χ3v) is 4.39. The molecule has 0 saturated carbocycles. The lowest BCUT2D eigenvalue weighted by atomic mass is 10.3. The van der Waals surface area contributed by atoms with Gasteiger partial charge in [0.15, 0.2) is 11.4 Å². The van der Waals surface area contributed by atoms with Crippen molar-refractivity contribution < 1.29 is 30.7 Å². The van der Waals surface area contributed by atoms with Gasteiger partial charge in [0, 0.05) is 0 Å². The third-order valence-electron chi connectivity index (χ3n) is 3.02. The summed E-state index contributed by atoms with van der Waals surface area (Å²) in [4.78, 5) is -0.281. The van der Waals surface area contributed by atoms with Crippen LogP contribution >= 0.6 is 0 Å². The fourth-order valence-corrected chi connectivity index (χ4v) is 3.00. The van der Waals surface area contributed by atoms with Crippen LogP contribution in [0, 0.1) is 0 Å². The molecule has 25 heavy (non-hydrogen) atoms. The molecule has 0 aliphatic rings. The van der Waals surface area contributed by atoms with Crippen molar-refractivity contribution in [2.45, 2.75) is 18.0 Å². The van der Waals surface area contributed by atoms with E-state index >= 15 is 0 Å². The zero-order chi connectivity index (χ0) is 18.5. The second kappa shape index (κ2) is 7.56. The van der Waals surface area contributed by atoms with Crippen LogP contribution < -0.4 is 14.5 Å². The summed E-state index contributed by atoms with van der Waals surface area (Å²) in [5.74, 6) is -1.35. The SMILES string of the molecule is CCOc1ccccc1NC(=[NH+]S(=O)(=O)c1ccccc1)C(F)(F)F. The van der Waals surface area contributed by atoms with E-state index in [0.29, 0.717) is 0 Å². The lowest BCUT2D eigenvalue weighted by molar-refractivity contribution is -0.289. The smallest absolute Gasteiger partial charge is 0.489 e. The molecule has 0 amide bonds. The maximum absolute atomic E-state index is 13.3. The second-order valence-corrected chi connectivity index (χ2v) is 6.53. The maximum atomic E-state index is 13.3. The van der Waals surface area contributed by atoms with E-state index in [4.69, 9.17) is 4.74 Å². The highest BCUT2D eigenvalue weighted by molar-refractivity contribution is 7.84. The number of nitrogens with one attached hydrogen (secondary N) is 2. The highest BCUT2D eigenvalue weighted by Gasteiger charge is 2.44. The number of hydrogen-bond donors (Lipinski definition) is 2. The van der Waals surface area contributed by atoms with Gasteiger partial charge in [0.05, 0.1) is 6.61 Å². The highest BCUT2D eigenvalue weighted by atomic mass is 32.2. The molecule has 0 atom stereocenters. The number of amidine groups is 1. The Labute approximate surface area is 143 Å². The monoisotopic (exact) mass is 373 g/mol. The Morgan fingerprint density at radius 1 is 1.08 bits per heavy atom. The molecule has 0 spiro atoms. The van der Waals surface area contributed by atoms with Crippen molar-refractivity contribution in [2.75, 3.05) is 11.9 Å². The van der Waals surface area contributed by atoms with Crippen LogP contribution in [0.3, 0.4) is 0 Å². The Kier molecular flexibility index (Phi) is 5.68. The number of para-hydroxylation sites is 2. The van der Waals surface area contributed by atoms with Gasteiger partial charge in [0.1, 0.15) is 4.90 Å². The molecule has 0 heterocycles. The molecular weight excluding hydrogens is 357 g/mol. The topological polar surface area (TPSA) is 69.4 Å². The molecule has 2 N–H and O–H groups in total. The maximum Gasteiger partial charge on any atom is 0.495 e. The summed E-state index contributed by atoms with van der Waals surface area (Å²) < 4.78 is 71.1. The van der Waals surface area contributed by atoms with E-state index in [9.17, 15) is 21.6 Å². The Bertz CT molecular complexity index is 850. The van der Waals surface area contributed by atoms with Crippen molar-refractivity contribution in [3.05, 3.63) is 54.6 Å². The molecule has 0 radical (unpaired) electrons. The summed E-state index contributed by atoms with van der Waals surface area (Å²) in [5.41, 5.74) is -0.00700. The molecule has 2 aromatic rings. The van der Waals surface area contributed by atoms with Gasteiger partial charge in [-0.15, -0.1) is 0 Å². The first-order valence-electron chi connectivity index (χ1n) is 7.25. The highest BCUT2D eigenvalue weighted by Crippen LogP contribution is 2.26. The summed E-state index contributed by atoms with van der Waals surface area (Å²) >= 11 is 0. The van der Waals surface area contributed by atoms with Gasteiger partial charge in [-0.05, 0) is 31.2 Å². The minimum atomic E-state index is -4.94. The molecule has 2 rings (SSSR count). The first-order chi connectivity index (χ1) is 11.7.